The highest BCUT2D eigenvalue weighted by Crippen LogP contribution is 2.17. The average molecular weight is 259 g/mol. The third kappa shape index (κ3) is 2.16. The molecule has 0 bridgehead atoms. The first-order valence-corrected chi connectivity index (χ1v) is 6.01. The molecule has 1 aromatic carbocycles. The Morgan fingerprint density at radius 1 is 1.11 bits per heavy atom. The van der Waals surface area contributed by atoms with Crippen LogP contribution in [0.3, 0.4) is 0 Å². The van der Waals surface area contributed by atoms with Crippen molar-refractivity contribution >= 4 is 16.9 Å². The second-order valence-corrected chi connectivity index (χ2v) is 4.60. The zero-order valence-corrected chi connectivity index (χ0v) is 10.1. The van der Waals surface area contributed by atoms with Gasteiger partial charge < -0.3 is 15.1 Å². The number of carbonyl (C=O) groups excluding carboxylic acids is 1. The standard InChI is InChI=1S/C13H13N3O3/c17-11-6-16(7-12(11)18)13(19)8-1-2-9-10(5-8)15-4-3-14-9/h1-5,11-12,17-18H,6-7H2. The minimum absolute atomic E-state index is 0.151. The Morgan fingerprint density at radius 3 is 2.42 bits per heavy atom. The van der Waals surface area contributed by atoms with Crippen LogP contribution in [0.2, 0.25) is 0 Å². The monoisotopic (exact) mass is 259 g/mol. The molecule has 2 unspecified atom stereocenters. The molecular formula is C13H13N3O3. The highest BCUT2D eigenvalue weighted by Gasteiger charge is 2.32. The third-order valence-electron chi connectivity index (χ3n) is 3.26. The lowest BCUT2D eigenvalue weighted by Crippen LogP contribution is -2.29. The fraction of sp³-hybridized carbons (Fsp3) is 0.308. The molecule has 0 aliphatic carbocycles. The van der Waals surface area contributed by atoms with Crippen LogP contribution in [0.4, 0.5) is 0 Å². The minimum Gasteiger partial charge on any atom is -0.388 e. The SMILES string of the molecule is O=C(c1ccc2nccnc2c1)N1CC(O)C(O)C1. The summed E-state index contributed by atoms with van der Waals surface area (Å²) in [4.78, 5) is 22.0. The van der Waals surface area contributed by atoms with E-state index in [9.17, 15) is 15.0 Å². The Balaban J connectivity index is 1.90. The number of nitrogens with zero attached hydrogens (tertiary/aromatic N) is 3. The summed E-state index contributed by atoms with van der Waals surface area (Å²) >= 11 is 0. The van der Waals surface area contributed by atoms with Crippen molar-refractivity contribution in [1.82, 2.24) is 14.9 Å². The van der Waals surface area contributed by atoms with Crippen LogP contribution in [0, 0.1) is 0 Å². The molecule has 98 valence electrons. The van der Waals surface area contributed by atoms with Gasteiger partial charge in [0.1, 0.15) is 0 Å². The molecular weight excluding hydrogens is 246 g/mol. The molecule has 1 saturated heterocycles. The number of amides is 1. The zero-order chi connectivity index (χ0) is 13.4. The van der Waals surface area contributed by atoms with Crippen molar-refractivity contribution < 1.29 is 15.0 Å². The van der Waals surface area contributed by atoms with Gasteiger partial charge in [0.25, 0.3) is 5.91 Å². The van der Waals surface area contributed by atoms with E-state index >= 15 is 0 Å². The van der Waals surface area contributed by atoms with E-state index in [0.29, 0.717) is 11.1 Å². The summed E-state index contributed by atoms with van der Waals surface area (Å²) in [6.45, 7) is 0.303. The zero-order valence-electron chi connectivity index (χ0n) is 10.1. The molecule has 0 spiro atoms. The van der Waals surface area contributed by atoms with Gasteiger partial charge in [-0.3, -0.25) is 14.8 Å². The molecule has 19 heavy (non-hydrogen) atoms. The maximum Gasteiger partial charge on any atom is 0.254 e. The van der Waals surface area contributed by atoms with Gasteiger partial charge in [-0.15, -0.1) is 0 Å². The van der Waals surface area contributed by atoms with Gasteiger partial charge >= 0.3 is 0 Å². The Bertz CT molecular complexity index is 621. The molecule has 2 N–H and O–H groups in total. The van der Waals surface area contributed by atoms with Crippen LogP contribution in [-0.2, 0) is 0 Å². The van der Waals surface area contributed by atoms with Crippen LogP contribution in [0.5, 0.6) is 0 Å². The highest BCUT2D eigenvalue weighted by atomic mass is 16.3. The second kappa shape index (κ2) is 4.56. The molecule has 2 aromatic rings. The van der Waals surface area contributed by atoms with E-state index in [1.165, 1.54) is 4.90 Å². The molecule has 3 rings (SSSR count). The van der Waals surface area contributed by atoms with Crippen molar-refractivity contribution in [3.8, 4) is 0 Å². The number of rotatable bonds is 1. The topological polar surface area (TPSA) is 86.6 Å². The summed E-state index contributed by atoms with van der Waals surface area (Å²) in [7, 11) is 0. The quantitative estimate of drug-likeness (QED) is 0.741. The number of β-amino-alcohol motifs (C(OH)–C–C–N with tert-alkyl or cyclic N) is 2. The number of aromatic nitrogens is 2. The van der Waals surface area contributed by atoms with E-state index in [1.54, 1.807) is 30.6 Å². The van der Waals surface area contributed by atoms with Crippen LogP contribution in [0.25, 0.3) is 11.0 Å². The largest absolute Gasteiger partial charge is 0.388 e. The molecule has 0 saturated carbocycles. The van der Waals surface area contributed by atoms with Crippen molar-refractivity contribution in [3.63, 3.8) is 0 Å². The summed E-state index contributed by atoms with van der Waals surface area (Å²) < 4.78 is 0. The maximum absolute atomic E-state index is 12.2. The number of likely N-dealkylation sites (tertiary alicyclic amines) is 1. The summed E-state index contributed by atoms with van der Waals surface area (Å²) in [6.07, 6.45) is 1.42. The Morgan fingerprint density at radius 2 is 1.74 bits per heavy atom. The number of benzene rings is 1. The van der Waals surface area contributed by atoms with Crippen molar-refractivity contribution in [3.05, 3.63) is 36.2 Å². The van der Waals surface area contributed by atoms with Crippen molar-refractivity contribution in [2.24, 2.45) is 0 Å². The summed E-state index contributed by atoms with van der Waals surface area (Å²) in [5.74, 6) is -0.219. The molecule has 6 nitrogen and oxygen atoms in total. The Labute approximate surface area is 109 Å². The van der Waals surface area contributed by atoms with Gasteiger partial charge in [-0.1, -0.05) is 0 Å². The van der Waals surface area contributed by atoms with E-state index < -0.39 is 12.2 Å². The van der Waals surface area contributed by atoms with Gasteiger partial charge in [-0.25, -0.2) is 0 Å². The second-order valence-electron chi connectivity index (χ2n) is 4.60. The Kier molecular flexibility index (Phi) is 2.88. The molecule has 1 amide bonds. The number of fused-ring (bicyclic) bond motifs is 1. The number of hydrogen-bond donors (Lipinski definition) is 2. The molecule has 1 aliphatic heterocycles. The average Bonchev–Trinajstić information content (AvgIpc) is 2.77. The van der Waals surface area contributed by atoms with Gasteiger partial charge in [0.15, 0.2) is 0 Å². The molecule has 2 heterocycles. The van der Waals surface area contributed by atoms with E-state index in [2.05, 4.69) is 9.97 Å². The Hall–Kier alpha value is -2.05. The molecule has 1 aromatic heterocycles. The van der Waals surface area contributed by atoms with Gasteiger partial charge in [-0.2, -0.15) is 0 Å². The first kappa shape index (κ1) is 12.0. The molecule has 6 heteroatoms. The lowest BCUT2D eigenvalue weighted by Gasteiger charge is -2.15. The van der Waals surface area contributed by atoms with Crippen LogP contribution in [-0.4, -0.2) is 56.3 Å². The summed E-state index contributed by atoms with van der Waals surface area (Å²) in [6, 6.07) is 5.08. The summed E-state index contributed by atoms with van der Waals surface area (Å²) in [5.41, 5.74) is 1.85. The van der Waals surface area contributed by atoms with Crippen LogP contribution in [0.15, 0.2) is 30.6 Å². The van der Waals surface area contributed by atoms with Crippen LogP contribution >= 0.6 is 0 Å². The third-order valence-corrected chi connectivity index (χ3v) is 3.26. The lowest BCUT2D eigenvalue weighted by molar-refractivity contribution is 0.0572. The minimum atomic E-state index is -0.871. The fourth-order valence-electron chi connectivity index (χ4n) is 2.21. The van der Waals surface area contributed by atoms with Crippen molar-refractivity contribution in [2.75, 3.05) is 13.1 Å². The van der Waals surface area contributed by atoms with Gasteiger partial charge in [0.05, 0.1) is 23.2 Å². The lowest BCUT2D eigenvalue weighted by atomic mass is 10.1. The van der Waals surface area contributed by atoms with Gasteiger partial charge in [0, 0.05) is 31.0 Å². The first-order valence-electron chi connectivity index (χ1n) is 6.01. The number of hydrogen-bond acceptors (Lipinski definition) is 5. The van der Waals surface area contributed by atoms with Crippen molar-refractivity contribution in [1.29, 1.82) is 0 Å². The summed E-state index contributed by atoms with van der Waals surface area (Å²) in [5, 5.41) is 18.9. The van der Waals surface area contributed by atoms with E-state index in [0.717, 1.165) is 5.52 Å². The van der Waals surface area contributed by atoms with Gasteiger partial charge in [0.2, 0.25) is 0 Å². The fourth-order valence-corrected chi connectivity index (χ4v) is 2.21. The smallest absolute Gasteiger partial charge is 0.254 e. The van der Waals surface area contributed by atoms with Crippen molar-refractivity contribution in [2.45, 2.75) is 12.2 Å². The van der Waals surface area contributed by atoms with E-state index in [1.807, 2.05) is 0 Å². The van der Waals surface area contributed by atoms with Crippen LogP contribution < -0.4 is 0 Å². The molecule has 2 atom stereocenters. The predicted octanol–water partition coefficient (Wildman–Crippen LogP) is -0.193. The number of carbonyl (C=O) groups is 1. The molecule has 0 radical (unpaired) electrons. The first-order chi connectivity index (χ1) is 9.15. The maximum atomic E-state index is 12.2. The normalized spacial score (nSPS) is 22.9. The van der Waals surface area contributed by atoms with E-state index in [-0.39, 0.29) is 19.0 Å². The van der Waals surface area contributed by atoms with Crippen LogP contribution in [0.1, 0.15) is 10.4 Å². The highest BCUT2D eigenvalue weighted by molar-refractivity contribution is 5.97. The molecule has 1 fully saturated rings. The number of aliphatic hydroxyl groups is 2. The van der Waals surface area contributed by atoms with E-state index in [4.69, 9.17) is 0 Å². The molecule has 1 aliphatic rings. The predicted molar refractivity (Wildman–Crippen MR) is 67.5 cm³/mol. The van der Waals surface area contributed by atoms with Gasteiger partial charge in [-0.05, 0) is 18.2 Å². The number of aliphatic hydroxyl groups excluding tert-OH is 2.